The van der Waals surface area contributed by atoms with E-state index in [1.54, 1.807) is 24.4 Å². The number of aliphatic hydroxyl groups is 3. The topological polar surface area (TPSA) is 128 Å². The first-order valence-corrected chi connectivity index (χ1v) is 15.5. The number of nitriles is 1. The third kappa shape index (κ3) is 9.33. The molecule has 1 heterocycles. The van der Waals surface area contributed by atoms with Gasteiger partial charge in [0.2, 0.25) is 0 Å². The molecule has 3 aromatic carbocycles. The Bertz CT molecular complexity index is 1660. The Morgan fingerprint density at radius 2 is 1.67 bits per heavy atom. The average molecular weight is 667 g/mol. The number of hydrogen-bond donors (Lipinski definition) is 3. The Kier molecular flexibility index (Phi) is 13.0. The monoisotopic (exact) mass is 665 g/mol. The second-order valence-corrected chi connectivity index (χ2v) is 11.6. The van der Waals surface area contributed by atoms with E-state index in [4.69, 9.17) is 47.8 Å². The summed E-state index contributed by atoms with van der Waals surface area (Å²) < 4.78 is 18.1. The zero-order valence-corrected chi connectivity index (χ0v) is 27.3. The summed E-state index contributed by atoms with van der Waals surface area (Å²) in [4.78, 5) is 6.00. The van der Waals surface area contributed by atoms with E-state index in [9.17, 15) is 10.2 Å². The Morgan fingerprint density at radius 1 is 0.913 bits per heavy atom. The minimum Gasteiger partial charge on any atom is -0.492 e. The molecule has 1 aromatic heterocycles. The summed E-state index contributed by atoms with van der Waals surface area (Å²) in [6, 6.07) is 18.6. The van der Waals surface area contributed by atoms with Gasteiger partial charge in [-0.05, 0) is 55.3 Å². The summed E-state index contributed by atoms with van der Waals surface area (Å²) in [5, 5.41) is 38.5. The summed E-state index contributed by atoms with van der Waals surface area (Å²) in [5.74, 6) is 1.39. The molecular weight excluding hydrogens is 629 g/mol. The summed E-state index contributed by atoms with van der Waals surface area (Å²) >= 11 is 13.3. The van der Waals surface area contributed by atoms with Crippen LogP contribution in [0, 0.1) is 18.3 Å². The lowest BCUT2D eigenvalue weighted by Gasteiger charge is -2.19. The normalized spacial score (nSPS) is 11.7. The van der Waals surface area contributed by atoms with Gasteiger partial charge in [0.15, 0.2) is 0 Å². The first kappa shape index (κ1) is 35.0. The van der Waals surface area contributed by atoms with Crippen molar-refractivity contribution < 1.29 is 29.5 Å². The lowest BCUT2D eigenvalue weighted by molar-refractivity contribution is 0.0653. The van der Waals surface area contributed by atoms with Crippen LogP contribution in [-0.4, -0.2) is 64.7 Å². The van der Waals surface area contributed by atoms with E-state index in [0.29, 0.717) is 63.7 Å². The van der Waals surface area contributed by atoms with Crippen LogP contribution in [0.2, 0.25) is 10.0 Å². The van der Waals surface area contributed by atoms with Crippen molar-refractivity contribution in [3.63, 3.8) is 0 Å². The highest BCUT2D eigenvalue weighted by Gasteiger charge is 2.16. The predicted molar refractivity (Wildman–Crippen MR) is 177 cm³/mol. The largest absolute Gasteiger partial charge is 0.492 e. The molecule has 9 nitrogen and oxygen atoms in total. The fourth-order valence-electron chi connectivity index (χ4n) is 4.88. The molecule has 0 aliphatic carbocycles. The third-order valence-corrected chi connectivity index (χ3v) is 8.05. The molecule has 11 heteroatoms. The lowest BCUT2D eigenvalue weighted by Crippen LogP contribution is -2.32. The molecule has 0 saturated heterocycles. The number of benzene rings is 3. The number of likely N-dealkylation sites (N-methyl/N-ethyl adjacent to an activating group) is 1. The highest BCUT2D eigenvalue weighted by molar-refractivity contribution is 6.35. The van der Waals surface area contributed by atoms with Crippen molar-refractivity contribution in [2.24, 2.45) is 0 Å². The molecule has 0 spiro atoms. The van der Waals surface area contributed by atoms with Crippen LogP contribution in [-0.2, 0) is 19.8 Å². The Morgan fingerprint density at radius 3 is 2.43 bits per heavy atom. The summed E-state index contributed by atoms with van der Waals surface area (Å²) in [5.41, 5.74) is 5.32. The van der Waals surface area contributed by atoms with Crippen molar-refractivity contribution in [1.82, 2.24) is 9.88 Å². The molecule has 4 aromatic rings. The molecule has 0 fully saturated rings. The zero-order valence-electron chi connectivity index (χ0n) is 25.7. The van der Waals surface area contributed by atoms with Crippen molar-refractivity contribution in [1.29, 1.82) is 5.26 Å². The van der Waals surface area contributed by atoms with Gasteiger partial charge in [-0.25, -0.2) is 0 Å². The van der Waals surface area contributed by atoms with Crippen LogP contribution in [0.1, 0.15) is 34.2 Å². The van der Waals surface area contributed by atoms with Crippen molar-refractivity contribution >= 4 is 23.2 Å². The summed E-state index contributed by atoms with van der Waals surface area (Å²) in [7, 11) is 1.88. The number of ether oxygens (including phenoxy) is 3. The number of aromatic nitrogens is 1. The van der Waals surface area contributed by atoms with E-state index in [2.05, 4.69) is 11.1 Å². The number of nitrogens with zero attached hydrogens (tertiary/aromatic N) is 3. The van der Waals surface area contributed by atoms with Crippen molar-refractivity contribution in [2.45, 2.75) is 39.3 Å². The minimum atomic E-state index is -0.764. The SMILES string of the molecule is Cc1c(COc2cc(OCc3cncc(C#N)c3)c(CO)cc2Cl)cccc1-c1cccc(OCCCN(C)CC(O)CO)c1Cl. The number of halogens is 2. The summed E-state index contributed by atoms with van der Waals surface area (Å²) in [6.07, 6.45) is 3.05. The van der Waals surface area contributed by atoms with E-state index in [1.807, 2.05) is 55.3 Å². The number of pyridine rings is 1. The smallest absolute Gasteiger partial charge is 0.142 e. The predicted octanol–water partition coefficient (Wildman–Crippen LogP) is 5.94. The highest BCUT2D eigenvalue weighted by Crippen LogP contribution is 2.38. The van der Waals surface area contributed by atoms with Crippen molar-refractivity contribution in [3.8, 4) is 34.4 Å². The van der Waals surface area contributed by atoms with E-state index in [-0.39, 0.29) is 26.4 Å². The van der Waals surface area contributed by atoms with Gasteiger partial charge in [0, 0.05) is 48.2 Å². The average Bonchev–Trinajstić information content (AvgIpc) is 3.06. The van der Waals surface area contributed by atoms with Gasteiger partial charge < -0.3 is 34.4 Å². The fourth-order valence-corrected chi connectivity index (χ4v) is 5.40. The van der Waals surface area contributed by atoms with Crippen LogP contribution in [0.25, 0.3) is 11.1 Å². The number of hydrogen-bond acceptors (Lipinski definition) is 9. The summed E-state index contributed by atoms with van der Waals surface area (Å²) in [6.45, 7) is 3.36. The maximum atomic E-state index is 9.89. The van der Waals surface area contributed by atoms with Crippen LogP contribution in [0.15, 0.2) is 67.0 Å². The first-order valence-electron chi connectivity index (χ1n) is 14.7. The van der Waals surface area contributed by atoms with Gasteiger partial charge >= 0.3 is 0 Å². The molecule has 4 rings (SSSR count). The van der Waals surface area contributed by atoms with Gasteiger partial charge in [0.1, 0.15) is 36.5 Å². The molecule has 46 heavy (non-hydrogen) atoms. The molecule has 0 bridgehead atoms. The quantitative estimate of drug-likeness (QED) is 0.125. The number of aliphatic hydroxyl groups excluding tert-OH is 3. The molecular formula is C35H37Cl2N3O6. The molecule has 0 saturated carbocycles. The highest BCUT2D eigenvalue weighted by atomic mass is 35.5. The third-order valence-electron chi connectivity index (χ3n) is 7.36. The van der Waals surface area contributed by atoms with Crippen LogP contribution in [0.5, 0.6) is 17.2 Å². The Balaban J connectivity index is 1.44. The van der Waals surface area contributed by atoms with Gasteiger partial charge in [-0.3, -0.25) is 4.98 Å². The van der Waals surface area contributed by atoms with Gasteiger partial charge in [0.25, 0.3) is 0 Å². The van der Waals surface area contributed by atoms with Gasteiger partial charge in [-0.1, -0.05) is 53.5 Å². The maximum absolute atomic E-state index is 9.89. The zero-order chi connectivity index (χ0) is 33.1. The maximum Gasteiger partial charge on any atom is 0.142 e. The van der Waals surface area contributed by atoms with E-state index >= 15 is 0 Å². The van der Waals surface area contributed by atoms with E-state index < -0.39 is 6.10 Å². The molecule has 0 aliphatic heterocycles. The minimum absolute atomic E-state index is 0.146. The van der Waals surface area contributed by atoms with Gasteiger partial charge in [-0.15, -0.1) is 0 Å². The van der Waals surface area contributed by atoms with Crippen molar-refractivity contribution in [2.75, 3.05) is 33.4 Å². The van der Waals surface area contributed by atoms with E-state index in [0.717, 1.165) is 28.7 Å². The molecule has 0 aliphatic rings. The standard InChI is InChI=1S/C35H37Cl2N3O6/c1-23-26(22-46-34-14-33(27(19-41)13-31(34)36)45-21-25-12-24(15-38)16-39-17-25)6-3-7-29(23)30-8-4-9-32(35(30)37)44-11-5-10-40(2)18-28(43)20-42/h3-4,6-9,12-14,16-17,28,41-43H,5,10-11,18-22H2,1-2H3. The fraction of sp³-hybridized carbons (Fsp3) is 0.314. The van der Waals surface area contributed by atoms with Crippen molar-refractivity contribution in [3.05, 3.63) is 105 Å². The molecule has 3 N–H and O–H groups in total. The second-order valence-electron chi connectivity index (χ2n) is 10.8. The van der Waals surface area contributed by atoms with E-state index in [1.165, 1.54) is 6.20 Å². The van der Waals surface area contributed by atoms with Crippen LogP contribution in [0.4, 0.5) is 0 Å². The lowest BCUT2D eigenvalue weighted by atomic mass is 9.96. The number of rotatable bonds is 16. The molecule has 1 atom stereocenters. The van der Waals surface area contributed by atoms with Crippen LogP contribution < -0.4 is 14.2 Å². The van der Waals surface area contributed by atoms with Gasteiger partial charge in [0.05, 0.1) is 41.5 Å². The van der Waals surface area contributed by atoms with Crippen LogP contribution >= 0.6 is 23.2 Å². The molecule has 242 valence electrons. The van der Waals surface area contributed by atoms with Crippen LogP contribution in [0.3, 0.4) is 0 Å². The molecule has 0 amide bonds. The Labute approximate surface area is 279 Å². The second kappa shape index (κ2) is 17.2. The Hall–Kier alpha value is -3.88. The first-order chi connectivity index (χ1) is 22.2. The molecule has 0 radical (unpaired) electrons. The van der Waals surface area contributed by atoms with Gasteiger partial charge in [-0.2, -0.15) is 5.26 Å². The molecule has 1 unspecified atom stereocenters.